The number of carbonyl (C=O) groups excluding carboxylic acids is 1. The number of aryl methyl sites for hydroxylation is 2. The third-order valence-electron chi connectivity index (χ3n) is 5.79. The summed E-state index contributed by atoms with van der Waals surface area (Å²) in [6, 6.07) is 2.42. The first-order valence-corrected chi connectivity index (χ1v) is 8.95. The lowest BCUT2D eigenvalue weighted by molar-refractivity contribution is -0.120. The number of fused-ring (bicyclic) bond motifs is 2. The Bertz CT molecular complexity index is 580. The molecule has 1 aromatic rings. The fourth-order valence-electron chi connectivity index (χ4n) is 4.49. The highest BCUT2D eigenvalue weighted by atomic mass is 35.5. The maximum absolute atomic E-state index is 12.7. The minimum absolute atomic E-state index is 0. The molecule has 0 saturated carbocycles. The highest BCUT2D eigenvalue weighted by Gasteiger charge is 2.28. The van der Waals surface area contributed by atoms with Crippen LogP contribution in [0.1, 0.15) is 54.9 Å². The number of benzene rings is 1. The highest BCUT2D eigenvalue weighted by Crippen LogP contribution is 2.38. The normalized spacial score (nSPS) is 19.9. The van der Waals surface area contributed by atoms with Gasteiger partial charge < -0.3 is 23.2 Å². The van der Waals surface area contributed by atoms with Gasteiger partial charge >= 0.3 is 0 Å². The van der Waals surface area contributed by atoms with E-state index in [2.05, 4.69) is 23.2 Å². The number of amides is 1. The summed E-state index contributed by atoms with van der Waals surface area (Å²) >= 11 is 0. The van der Waals surface area contributed by atoms with Gasteiger partial charge in [-0.25, -0.2) is 0 Å². The minimum Gasteiger partial charge on any atom is -1.00 e. The number of anilines is 1. The van der Waals surface area contributed by atoms with Crippen LogP contribution < -0.4 is 17.7 Å². The van der Waals surface area contributed by atoms with Crippen molar-refractivity contribution < 1.29 is 22.7 Å². The summed E-state index contributed by atoms with van der Waals surface area (Å²) in [6.07, 6.45) is 9.58. The Labute approximate surface area is 150 Å². The average molecular weight is 352 g/mol. The van der Waals surface area contributed by atoms with E-state index in [0.717, 1.165) is 25.9 Å². The largest absolute Gasteiger partial charge is 1.00 e. The molecule has 2 aliphatic carbocycles. The lowest BCUT2D eigenvalue weighted by atomic mass is 9.98. The predicted molar refractivity (Wildman–Crippen MR) is 93.0 cm³/mol. The van der Waals surface area contributed by atoms with Gasteiger partial charge in [-0.05, 0) is 93.6 Å². The standard InChI is InChI=1S/C19H26N2O.ClH.H2O/c1-13(21-10-2-3-11-21)19(22)20-18-16-8-4-6-14(16)12-15-7-5-9-17(15)18;;/h12-13H,2-11H2,1H3,(H,20,22);1H;1H2/p-1. The first-order valence-electron chi connectivity index (χ1n) is 8.95. The van der Waals surface area contributed by atoms with Crippen molar-refractivity contribution in [2.75, 3.05) is 18.4 Å². The van der Waals surface area contributed by atoms with Gasteiger partial charge in [0.25, 0.3) is 0 Å². The number of likely N-dealkylation sites (tertiary alicyclic amines) is 1. The first kappa shape index (κ1) is 19.2. The summed E-state index contributed by atoms with van der Waals surface area (Å²) in [5, 5.41) is 3.34. The minimum atomic E-state index is -0.00295. The molecule has 24 heavy (non-hydrogen) atoms. The second-order valence-electron chi connectivity index (χ2n) is 7.14. The first-order chi connectivity index (χ1) is 10.7. The fourth-order valence-corrected chi connectivity index (χ4v) is 4.49. The van der Waals surface area contributed by atoms with Crippen molar-refractivity contribution in [1.29, 1.82) is 0 Å². The molecule has 3 N–H and O–H groups in total. The molecular weight excluding hydrogens is 324 g/mol. The molecule has 4 rings (SSSR count). The molecule has 1 aliphatic heterocycles. The van der Waals surface area contributed by atoms with Gasteiger partial charge in [0.15, 0.2) is 0 Å². The Morgan fingerprint density at radius 2 is 1.54 bits per heavy atom. The fraction of sp³-hybridized carbons (Fsp3) is 0.632. The zero-order valence-electron chi connectivity index (χ0n) is 14.5. The van der Waals surface area contributed by atoms with Crippen LogP contribution in [0.2, 0.25) is 0 Å². The van der Waals surface area contributed by atoms with Gasteiger partial charge in [-0.1, -0.05) is 6.07 Å². The SMILES string of the molecule is CC(C(=O)Nc1c2c(cc3c1CCC3)CCC2)N1CCCC1.O.[Cl-]. The zero-order valence-corrected chi connectivity index (χ0v) is 15.2. The third-order valence-corrected chi connectivity index (χ3v) is 5.79. The van der Waals surface area contributed by atoms with Crippen molar-refractivity contribution in [2.45, 2.75) is 64.3 Å². The van der Waals surface area contributed by atoms with E-state index in [1.165, 1.54) is 66.5 Å². The summed E-state index contributed by atoms with van der Waals surface area (Å²) in [5.41, 5.74) is 7.04. The van der Waals surface area contributed by atoms with Crippen LogP contribution >= 0.6 is 0 Å². The van der Waals surface area contributed by atoms with Crippen LogP contribution in [0.15, 0.2) is 6.07 Å². The van der Waals surface area contributed by atoms with Gasteiger partial charge in [0.05, 0.1) is 6.04 Å². The zero-order chi connectivity index (χ0) is 15.1. The summed E-state index contributed by atoms with van der Waals surface area (Å²) in [7, 11) is 0. The van der Waals surface area contributed by atoms with Crippen molar-refractivity contribution in [1.82, 2.24) is 4.90 Å². The quantitative estimate of drug-likeness (QED) is 0.780. The topological polar surface area (TPSA) is 63.8 Å². The lowest BCUT2D eigenvalue weighted by Crippen LogP contribution is -3.00. The summed E-state index contributed by atoms with van der Waals surface area (Å²) in [4.78, 5) is 15.1. The number of nitrogens with zero attached hydrogens (tertiary/aromatic N) is 1. The second kappa shape index (κ2) is 7.85. The molecule has 1 atom stereocenters. The molecule has 0 spiro atoms. The molecule has 134 valence electrons. The van der Waals surface area contributed by atoms with E-state index in [9.17, 15) is 4.79 Å². The maximum Gasteiger partial charge on any atom is 0.241 e. The van der Waals surface area contributed by atoms with Crippen molar-refractivity contribution in [3.05, 3.63) is 28.3 Å². The second-order valence-corrected chi connectivity index (χ2v) is 7.14. The Morgan fingerprint density at radius 1 is 1.00 bits per heavy atom. The molecule has 3 aliphatic rings. The molecule has 0 bridgehead atoms. The molecule has 0 radical (unpaired) electrons. The summed E-state index contributed by atoms with van der Waals surface area (Å²) in [6.45, 7) is 4.20. The average Bonchev–Trinajstić information content (AvgIpc) is 3.26. The molecule has 1 amide bonds. The van der Waals surface area contributed by atoms with Crippen LogP contribution in [0, 0.1) is 0 Å². The molecule has 1 saturated heterocycles. The molecule has 1 aromatic carbocycles. The van der Waals surface area contributed by atoms with Crippen molar-refractivity contribution >= 4 is 11.6 Å². The number of nitrogens with one attached hydrogen (secondary N) is 1. The Morgan fingerprint density at radius 3 is 2.08 bits per heavy atom. The van der Waals surface area contributed by atoms with Crippen LogP contribution in [-0.2, 0) is 30.5 Å². The predicted octanol–water partition coefficient (Wildman–Crippen LogP) is -0.734. The van der Waals surface area contributed by atoms with E-state index in [0.29, 0.717) is 0 Å². The van der Waals surface area contributed by atoms with Gasteiger partial charge in [-0.3, -0.25) is 9.69 Å². The molecule has 1 heterocycles. The third kappa shape index (κ3) is 3.32. The van der Waals surface area contributed by atoms with E-state index in [4.69, 9.17) is 0 Å². The van der Waals surface area contributed by atoms with Crippen LogP contribution in [-0.4, -0.2) is 35.4 Å². The van der Waals surface area contributed by atoms with Gasteiger partial charge in [0, 0.05) is 5.69 Å². The van der Waals surface area contributed by atoms with Gasteiger partial charge in [-0.2, -0.15) is 0 Å². The Balaban J connectivity index is 0.00000104. The van der Waals surface area contributed by atoms with E-state index in [-0.39, 0.29) is 29.8 Å². The van der Waals surface area contributed by atoms with Crippen LogP contribution in [0.25, 0.3) is 0 Å². The van der Waals surface area contributed by atoms with Crippen molar-refractivity contribution in [3.63, 3.8) is 0 Å². The van der Waals surface area contributed by atoms with Crippen LogP contribution in [0.4, 0.5) is 5.69 Å². The highest BCUT2D eigenvalue weighted by molar-refractivity contribution is 5.96. The molecule has 0 aromatic heterocycles. The van der Waals surface area contributed by atoms with E-state index in [1.54, 1.807) is 0 Å². The molecule has 1 fully saturated rings. The van der Waals surface area contributed by atoms with E-state index >= 15 is 0 Å². The number of carbonyl (C=O) groups is 1. The van der Waals surface area contributed by atoms with Crippen molar-refractivity contribution in [2.24, 2.45) is 0 Å². The molecule has 4 nitrogen and oxygen atoms in total. The molecule has 5 heteroatoms. The number of hydrogen-bond acceptors (Lipinski definition) is 2. The molecular formula is C19H28ClN2O2-. The monoisotopic (exact) mass is 351 g/mol. The Hall–Kier alpha value is -1.10. The van der Waals surface area contributed by atoms with E-state index < -0.39 is 0 Å². The van der Waals surface area contributed by atoms with Crippen LogP contribution in [0.5, 0.6) is 0 Å². The smallest absolute Gasteiger partial charge is 0.241 e. The van der Waals surface area contributed by atoms with Gasteiger partial charge in [0.1, 0.15) is 0 Å². The maximum atomic E-state index is 12.7. The summed E-state index contributed by atoms with van der Waals surface area (Å²) < 4.78 is 0. The van der Waals surface area contributed by atoms with Gasteiger partial charge in [0.2, 0.25) is 5.91 Å². The summed E-state index contributed by atoms with van der Waals surface area (Å²) in [5.74, 6) is 0.191. The number of rotatable bonds is 3. The number of halogens is 1. The lowest BCUT2D eigenvalue weighted by Gasteiger charge is -2.24. The van der Waals surface area contributed by atoms with Gasteiger partial charge in [-0.15, -0.1) is 0 Å². The Kier molecular flexibility index (Phi) is 6.29. The van der Waals surface area contributed by atoms with Crippen LogP contribution in [0.3, 0.4) is 0 Å². The van der Waals surface area contributed by atoms with Crippen molar-refractivity contribution in [3.8, 4) is 0 Å². The molecule has 1 unspecified atom stereocenters. The van der Waals surface area contributed by atoms with E-state index in [1.807, 2.05) is 0 Å². The number of hydrogen-bond donors (Lipinski definition) is 1.